The molecule has 0 unspecified atom stereocenters. The van der Waals surface area contributed by atoms with Gasteiger partial charge in [0.2, 0.25) is 5.91 Å². The van der Waals surface area contributed by atoms with E-state index in [2.05, 4.69) is 46.1 Å². The van der Waals surface area contributed by atoms with E-state index in [1.807, 2.05) is 0 Å². The van der Waals surface area contributed by atoms with Crippen LogP contribution in [0.5, 0.6) is 5.75 Å². The Kier molecular flexibility index (Phi) is 10.7. The number of carbonyl (C=O) groups excluding carboxylic acids is 1. The third-order valence-corrected chi connectivity index (χ3v) is 5.85. The fourth-order valence-corrected chi connectivity index (χ4v) is 4.17. The topological polar surface area (TPSA) is 74.8 Å². The molecule has 3 N–H and O–H groups in total. The third kappa shape index (κ3) is 7.96. The van der Waals surface area contributed by atoms with E-state index >= 15 is 0 Å². The fraction of sp³-hybridized carbons (Fsp3) is 0.652. The number of nitrogens with one attached hydrogen (secondary N) is 3. The lowest BCUT2D eigenvalue weighted by molar-refractivity contribution is -0.121. The summed E-state index contributed by atoms with van der Waals surface area (Å²) in [6, 6.07) is 6.73. The molecule has 0 atom stereocenters. The Morgan fingerprint density at radius 2 is 1.80 bits per heavy atom. The van der Waals surface area contributed by atoms with Crippen LogP contribution in [0.15, 0.2) is 23.2 Å². The molecule has 2 saturated carbocycles. The number of amides is 1. The molecule has 6 nitrogen and oxygen atoms in total. The molecule has 0 aromatic heterocycles. The molecule has 168 valence electrons. The zero-order chi connectivity index (χ0) is 20.5. The molecule has 0 spiro atoms. The summed E-state index contributed by atoms with van der Waals surface area (Å²) in [6.07, 6.45) is 10.3. The molecule has 0 radical (unpaired) electrons. The van der Waals surface area contributed by atoms with Crippen molar-refractivity contribution in [3.05, 3.63) is 29.3 Å². The van der Waals surface area contributed by atoms with Crippen molar-refractivity contribution in [1.29, 1.82) is 0 Å². The van der Waals surface area contributed by atoms with Crippen LogP contribution in [-0.2, 0) is 11.3 Å². The van der Waals surface area contributed by atoms with Crippen LogP contribution in [0.3, 0.4) is 0 Å². The Labute approximate surface area is 198 Å². The lowest BCUT2D eigenvalue weighted by Crippen LogP contribution is -2.40. The lowest BCUT2D eigenvalue weighted by Gasteiger charge is -2.18. The van der Waals surface area contributed by atoms with Crippen LogP contribution in [0, 0.1) is 6.92 Å². The number of ether oxygens (including phenoxy) is 1. The first-order valence-corrected chi connectivity index (χ1v) is 11.1. The lowest BCUT2D eigenvalue weighted by atomic mass is 10.1. The summed E-state index contributed by atoms with van der Waals surface area (Å²) in [4.78, 5) is 16.3. The number of guanidine groups is 1. The van der Waals surface area contributed by atoms with Gasteiger partial charge in [0, 0.05) is 38.2 Å². The number of hydrogen-bond donors (Lipinski definition) is 3. The minimum absolute atomic E-state index is 0. The SMILES string of the molecule is CN=C(NCCC(=O)NC1CCCC1)NCc1ccc(C)cc1OC1CCCC1.I. The Balaban J connectivity index is 0.00000320. The number of carbonyl (C=O) groups is 1. The van der Waals surface area contributed by atoms with E-state index in [0.717, 1.165) is 37.0 Å². The van der Waals surface area contributed by atoms with Crippen molar-refractivity contribution in [2.75, 3.05) is 13.6 Å². The standard InChI is InChI=1S/C23H36N4O2.HI/c1-17-11-12-18(21(15-17)29-20-9-5-6-10-20)16-26-23(24-2)25-14-13-22(28)27-19-7-3-4-8-19;/h11-12,15,19-20H,3-10,13-14,16H2,1-2H3,(H,27,28)(H2,24,25,26);1H. The average molecular weight is 528 g/mol. The maximum absolute atomic E-state index is 12.1. The van der Waals surface area contributed by atoms with E-state index < -0.39 is 0 Å². The number of halogens is 1. The minimum atomic E-state index is 0. The molecule has 0 bridgehead atoms. The smallest absolute Gasteiger partial charge is 0.221 e. The maximum Gasteiger partial charge on any atom is 0.221 e. The van der Waals surface area contributed by atoms with Gasteiger partial charge in [0.25, 0.3) is 0 Å². The Morgan fingerprint density at radius 1 is 1.10 bits per heavy atom. The molecule has 1 aromatic rings. The van der Waals surface area contributed by atoms with Crippen molar-refractivity contribution >= 4 is 35.8 Å². The first-order valence-electron chi connectivity index (χ1n) is 11.1. The van der Waals surface area contributed by atoms with Crippen LogP contribution in [0.4, 0.5) is 0 Å². The minimum Gasteiger partial charge on any atom is -0.490 e. The van der Waals surface area contributed by atoms with E-state index in [0.29, 0.717) is 37.6 Å². The van der Waals surface area contributed by atoms with Crippen molar-refractivity contribution in [1.82, 2.24) is 16.0 Å². The second-order valence-electron chi connectivity index (χ2n) is 8.29. The van der Waals surface area contributed by atoms with Gasteiger partial charge in [-0.2, -0.15) is 0 Å². The predicted octanol–water partition coefficient (Wildman–Crippen LogP) is 4.05. The zero-order valence-corrected chi connectivity index (χ0v) is 20.7. The van der Waals surface area contributed by atoms with Gasteiger partial charge in [0.15, 0.2) is 5.96 Å². The molecule has 0 heterocycles. The van der Waals surface area contributed by atoms with Crippen LogP contribution in [0.2, 0.25) is 0 Å². The summed E-state index contributed by atoms with van der Waals surface area (Å²) in [6.45, 7) is 3.30. The van der Waals surface area contributed by atoms with Gasteiger partial charge in [-0.05, 0) is 57.1 Å². The summed E-state index contributed by atoms with van der Waals surface area (Å²) in [5, 5.41) is 9.70. The van der Waals surface area contributed by atoms with Gasteiger partial charge in [0.1, 0.15) is 5.75 Å². The second kappa shape index (κ2) is 13.0. The first-order chi connectivity index (χ1) is 14.1. The highest BCUT2D eigenvalue weighted by molar-refractivity contribution is 14.0. The summed E-state index contributed by atoms with van der Waals surface area (Å²) in [5.74, 6) is 1.78. The van der Waals surface area contributed by atoms with E-state index in [1.165, 1.54) is 31.2 Å². The quantitative estimate of drug-likeness (QED) is 0.271. The van der Waals surface area contributed by atoms with Crippen LogP contribution >= 0.6 is 24.0 Å². The molecule has 1 aromatic carbocycles. The molecule has 1 amide bonds. The summed E-state index contributed by atoms with van der Waals surface area (Å²) in [7, 11) is 1.75. The van der Waals surface area contributed by atoms with E-state index in [-0.39, 0.29) is 29.9 Å². The zero-order valence-electron chi connectivity index (χ0n) is 18.3. The fourth-order valence-electron chi connectivity index (χ4n) is 4.17. The van der Waals surface area contributed by atoms with Gasteiger partial charge < -0.3 is 20.7 Å². The third-order valence-electron chi connectivity index (χ3n) is 5.85. The Bertz CT molecular complexity index is 698. The number of nitrogens with zero attached hydrogens (tertiary/aromatic N) is 1. The van der Waals surface area contributed by atoms with Crippen molar-refractivity contribution in [2.45, 2.75) is 83.4 Å². The highest BCUT2D eigenvalue weighted by atomic mass is 127. The monoisotopic (exact) mass is 528 g/mol. The van der Waals surface area contributed by atoms with Crippen LogP contribution in [0.25, 0.3) is 0 Å². The highest BCUT2D eigenvalue weighted by Gasteiger charge is 2.18. The van der Waals surface area contributed by atoms with Gasteiger partial charge in [0.05, 0.1) is 6.10 Å². The molecule has 7 heteroatoms. The molecular weight excluding hydrogens is 491 g/mol. The Morgan fingerprint density at radius 3 is 2.50 bits per heavy atom. The van der Waals surface area contributed by atoms with Crippen molar-refractivity contribution in [2.24, 2.45) is 4.99 Å². The number of aryl methyl sites for hydroxylation is 1. The molecular formula is C23H37IN4O2. The maximum atomic E-state index is 12.1. The molecule has 2 fully saturated rings. The van der Waals surface area contributed by atoms with Gasteiger partial charge in [-0.3, -0.25) is 9.79 Å². The number of rotatable bonds is 8. The summed E-state index contributed by atoms with van der Waals surface area (Å²) in [5.41, 5.74) is 2.34. The van der Waals surface area contributed by atoms with Gasteiger partial charge in [-0.1, -0.05) is 25.0 Å². The summed E-state index contributed by atoms with van der Waals surface area (Å²) >= 11 is 0. The Hall–Kier alpha value is -1.51. The largest absolute Gasteiger partial charge is 0.490 e. The average Bonchev–Trinajstić information content (AvgIpc) is 3.40. The van der Waals surface area contributed by atoms with E-state index in [4.69, 9.17) is 4.74 Å². The summed E-state index contributed by atoms with van der Waals surface area (Å²) < 4.78 is 6.28. The molecule has 3 rings (SSSR count). The van der Waals surface area contributed by atoms with Crippen molar-refractivity contribution in [3.8, 4) is 5.75 Å². The molecule has 2 aliphatic rings. The highest BCUT2D eigenvalue weighted by Crippen LogP contribution is 2.27. The normalized spacial score (nSPS) is 17.5. The van der Waals surface area contributed by atoms with Gasteiger partial charge >= 0.3 is 0 Å². The van der Waals surface area contributed by atoms with Crippen LogP contribution < -0.4 is 20.7 Å². The molecule has 0 aliphatic heterocycles. The molecule has 2 aliphatic carbocycles. The van der Waals surface area contributed by atoms with E-state index in [1.54, 1.807) is 7.05 Å². The number of aliphatic imine (C=N–C) groups is 1. The number of benzene rings is 1. The second-order valence-corrected chi connectivity index (χ2v) is 8.29. The van der Waals surface area contributed by atoms with Crippen molar-refractivity contribution in [3.63, 3.8) is 0 Å². The van der Waals surface area contributed by atoms with Gasteiger partial charge in [-0.15, -0.1) is 24.0 Å². The molecule has 30 heavy (non-hydrogen) atoms. The van der Waals surface area contributed by atoms with Crippen LogP contribution in [-0.4, -0.2) is 37.6 Å². The van der Waals surface area contributed by atoms with Crippen molar-refractivity contribution < 1.29 is 9.53 Å². The molecule has 0 saturated heterocycles. The van der Waals surface area contributed by atoms with Crippen LogP contribution in [0.1, 0.15) is 68.9 Å². The van der Waals surface area contributed by atoms with E-state index in [9.17, 15) is 4.79 Å². The predicted molar refractivity (Wildman–Crippen MR) is 133 cm³/mol. The van der Waals surface area contributed by atoms with Gasteiger partial charge in [-0.25, -0.2) is 0 Å². The first kappa shape index (κ1) is 24.8. The number of hydrogen-bond acceptors (Lipinski definition) is 3.